The van der Waals surface area contributed by atoms with Gasteiger partial charge in [-0.15, -0.1) is 0 Å². The van der Waals surface area contributed by atoms with Crippen molar-refractivity contribution < 1.29 is 8.78 Å². The third-order valence-electron chi connectivity index (χ3n) is 3.39. The molecule has 2 rings (SSSR count). The van der Waals surface area contributed by atoms with E-state index in [0.29, 0.717) is 12.8 Å². The van der Waals surface area contributed by atoms with Crippen LogP contribution in [0.3, 0.4) is 0 Å². The Balaban J connectivity index is 2.16. The highest BCUT2D eigenvalue weighted by atomic mass is 19.3. The van der Waals surface area contributed by atoms with Crippen molar-refractivity contribution in [3.05, 3.63) is 18.2 Å². The van der Waals surface area contributed by atoms with E-state index in [1.807, 2.05) is 24.6 Å². The predicted octanol–water partition coefficient (Wildman–Crippen LogP) is 3.12. The molecule has 0 bridgehead atoms. The quantitative estimate of drug-likeness (QED) is 0.702. The first-order valence-electron chi connectivity index (χ1n) is 5.30. The van der Waals surface area contributed by atoms with Gasteiger partial charge in [-0.2, -0.15) is 0 Å². The van der Waals surface area contributed by atoms with Crippen LogP contribution in [-0.2, 0) is 5.54 Å². The average Bonchev–Trinajstić information content (AvgIpc) is 2.59. The maximum atomic E-state index is 13.0. The topological polar surface area (TPSA) is 17.8 Å². The van der Waals surface area contributed by atoms with Gasteiger partial charge in [0.25, 0.3) is 0 Å². The zero-order valence-corrected chi connectivity index (χ0v) is 9.13. The van der Waals surface area contributed by atoms with E-state index in [1.54, 1.807) is 6.33 Å². The van der Waals surface area contributed by atoms with E-state index in [2.05, 4.69) is 4.98 Å². The molecule has 0 amide bonds. The molecule has 0 atom stereocenters. The van der Waals surface area contributed by atoms with E-state index in [0.717, 1.165) is 5.69 Å². The number of halogens is 2. The number of aryl methyl sites for hydroxylation is 1. The lowest BCUT2D eigenvalue weighted by Gasteiger charge is -2.38. The van der Waals surface area contributed by atoms with Gasteiger partial charge in [-0.1, -0.05) is 0 Å². The molecule has 0 spiro atoms. The summed E-state index contributed by atoms with van der Waals surface area (Å²) < 4.78 is 28.1. The second-order valence-electron chi connectivity index (χ2n) is 4.78. The third kappa shape index (κ3) is 2.03. The SMILES string of the molecule is Cc1cn(C2(C)CCC(F)(F)CC2)cn1. The smallest absolute Gasteiger partial charge is 0.248 e. The molecule has 0 aliphatic heterocycles. The number of hydrogen-bond acceptors (Lipinski definition) is 1. The fraction of sp³-hybridized carbons (Fsp3) is 0.727. The lowest BCUT2D eigenvalue weighted by atomic mass is 9.81. The summed E-state index contributed by atoms with van der Waals surface area (Å²) >= 11 is 0. The highest BCUT2D eigenvalue weighted by Gasteiger charge is 2.41. The lowest BCUT2D eigenvalue weighted by molar-refractivity contribution is -0.0603. The van der Waals surface area contributed by atoms with Crippen molar-refractivity contribution >= 4 is 0 Å². The van der Waals surface area contributed by atoms with Crippen molar-refractivity contribution in [2.45, 2.75) is 51.0 Å². The molecular formula is C11H16F2N2. The number of alkyl halides is 2. The molecule has 1 saturated carbocycles. The van der Waals surface area contributed by atoms with Crippen LogP contribution in [0.2, 0.25) is 0 Å². The average molecular weight is 214 g/mol. The minimum atomic E-state index is -2.46. The van der Waals surface area contributed by atoms with E-state index in [4.69, 9.17) is 0 Å². The standard InChI is InChI=1S/C11H16F2N2/c1-9-7-15(8-14-9)10(2)3-5-11(12,13)6-4-10/h7-8H,3-6H2,1-2H3. The Morgan fingerprint density at radius 2 is 1.87 bits per heavy atom. The first kappa shape index (κ1) is 10.6. The van der Waals surface area contributed by atoms with Crippen molar-refractivity contribution in [3.63, 3.8) is 0 Å². The fourth-order valence-electron chi connectivity index (χ4n) is 2.13. The second kappa shape index (κ2) is 3.29. The Bertz CT molecular complexity index is 347. The molecule has 2 nitrogen and oxygen atoms in total. The minimum Gasteiger partial charge on any atom is -0.331 e. The molecule has 1 fully saturated rings. The van der Waals surface area contributed by atoms with E-state index in [-0.39, 0.29) is 18.4 Å². The van der Waals surface area contributed by atoms with Gasteiger partial charge in [0.15, 0.2) is 0 Å². The molecule has 0 saturated heterocycles. The summed E-state index contributed by atoms with van der Waals surface area (Å²) in [6.07, 6.45) is 4.70. The van der Waals surface area contributed by atoms with E-state index < -0.39 is 5.92 Å². The van der Waals surface area contributed by atoms with Crippen molar-refractivity contribution in [1.82, 2.24) is 9.55 Å². The normalized spacial score (nSPS) is 24.0. The fourth-order valence-corrected chi connectivity index (χ4v) is 2.13. The van der Waals surface area contributed by atoms with Gasteiger partial charge in [-0.25, -0.2) is 13.8 Å². The molecule has 84 valence electrons. The zero-order chi connectivity index (χ0) is 11.1. The number of aromatic nitrogens is 2. The van der Waals surface area contributed by atoms with Gasteiger partial charge < -0.3 is 4.57 Å². The van der Waals surface area contributed by atoms with Crippen LogP contribution >= 0.6 is 0 Å². The molecule has 4 heteroatoms. The zero-order valence-electron chi connectivity index (χ0n) is 9.13. The van der Waals surface area contributed by atoms with Crippen molar-refractivity contribution in [2.75, 3.05) is 0 Å². The monoisotopic (exact) mass is 214 g/mol. The third-order valence-corrected chi connectivity index (χ3v) is 3.39. The molecule has 1 aromatic heterocycles. The molecule has 0 N–H and O–H groups in total. The largest absolute Gasteiger partial charge is 0.331 e. The molecule has 15 heavy (non-hydrogen) atoms. The maximum Gasteiger partial charge on any atom is 0.248 e. The molecule has 0 aromatic carbocycles. The van der Waals surface area contributed by atoms with E-state index >= 15 is 0 Å². The molecule has 1 heterocycles. The number of imidazole rings is 1. The number of rotatable bonds is 1. The first-order valence-corrected chi connectivity index (χ1v) is 5.30. The van der Waals surface area contributed by atoms with Gasteiger partial charge in [-0.3, -0.25) is 0 Å². The van der Waals surface area contributed by atoms with Gasteiger partial charge in [-0.05, 0) is 26.7 Å². The first-order chi connectivity index (χ1) is 6.91. The Hall–Kier alpha value is -0.930. The van der Waals surface area contributed by atoms with Crippen LogP contribution in [0.5, 0.6) is 0 Å². The van der Waals surface area contributed by atoms with Gasteiger partial charge in [0, 0.05) is 24.6 Å². The molecule has 0 radical (unpaired) electrons. The molecule has 0 unspecified atom stereocenters. The number of hydrogen-bond donors (Lipinski definition) is 0. The van der Waals surface area contributed by atoms with Gasteiger partial charge >= 0.3 is 0 Å². The summed E-state index contributed by atoms with van der Waals surface area (Å²) in [5.41, 5.74) is 0.761. The van der Waals surface area contributed by atoms with Crippen LogP contribution in [0.25, 0.3) is 0 Å². The van der Waals surface area contributed by atoms with Gasteiger partial charge in [0.05, 0.1) is 12.0 Å². The van der Waals surface area contributed by atoms with E-state index in [9.17, 15) is 8.78 Å². The summed E-state index contributed by atoms with van der Waals surface area (Å²) in [7, 11) is 0. The molecular weight excluding hydrogens is 198 g/mol. The van der Waals surface area contributed by atoms with Crippen molar-refractivity contribution in [3.8, 4) is 0 Å². The Morgan fingerprint density at radius 1 is 1.27 bits per heavy atom. The van der Waals surface area contributed by atoms with Crippen LogP contribution in [-0.4, -0.2) is 15.5 Å². The molecule has 1 aliphatic rings. The lowest BCUT2D eigenvalue weighted by Crippen LogP contribution is -2.38. The molecule has 1 aromatic rings. The summed E-state index contributed by atoms with van der Waals surface area (Å²) in [5, 5.41) is 0. The van der Waals surface area contributed by atoms with Crippen LogP contribution in [0, 0.1) is 6.92 Å². The summed E-state index contributed by atoms with van der Waals surface area (Å²) in [5.74, 6) is -2.46. The van der Waals surface area contributed by atoms with Gasteiger partial charge in [0.2, 0.25) is 5.92 Å². The summed E-state index contributed by atoms with van der Waals surface area (Å²) in [6.45, 7) is 3.95. The Morgan fingerprint density at radius 3 is 2.33 bits per heavy atom. The summed E-state index contributed by atoms with van der Waals surface area (Å²) in [6, 6.07) is 0. The maximum absolute atomic E-state index is 13.0. The van der Waals surface area contributed by atoms with Crippen LogP contribution in [0.4, 0.5) is 8.78 Å². The van der Waals surface area contributed by atoms with Crippen LogP contribution < -0.4 is 0 Å². The van der Waals surface area contributed by atoms with Crippen LogP contribution in [0.15, 0.2) is 12.5 Å². The Labute approximate surface area is 88.3 Å². The number of nitrogens with zero attached hydrogens (tertiary/aromatic N) is 2. The van der Waals surface area contributed by atoms with Crippen molar-refractivity contribution in [2.24, 2.45) is 0 Å². The highest BCUT2D eigenvalue weighted by Crippen LogP contribution is 2.42. The molecule has 1 aliphatic carbocycles. The van der Waals surface area contributed by atoms with Crippen LogP contribution in [0.1, 0.15) is 38.3 Å². The summed E-state index contributed by atoms with van der Waals surface area (Å²) in [4.78, 5) is 4.15. The van der Waals surface area contributed by atoms with Crippen molar-refractivity contribution in [1.29, 1.82) is 0 Å². The van der Waals surface area contributed by atoms with Gasteiger partial charge in [0.1, 0.15) is 0 Å². The predicted molar refractivity (Wildman–Crippen MR) is 54.0 cm³/mol. The highest BCUT2D eigenvalue weighted by molar-refractivity contribution is 5.00. The second-order valence-corrected chi connectivity index (χ2v) is 4.78. The minimum absolute atomic E-state index is 0.0132. The Kier molecular flexibility index (Phi) is 2.32. The van der Waals surface area contributed by atoms with E-state index in [1.165, 1.54) is 0 Å².